The molecule has 0 aromatic heterocycles. The van der Waals surface area contributed by atoms with Crippen LogP contribution in [0.5, 0.6) is 0 Å². The van der Waals surface area contributed by atoms with Gasteiger partial charge in [-0.2, -0.15) is 5.21 Å². The van der Waals surface area contributed by atoms with Gasteiger partial charge in [0.15, 0.2) is 0 Å². The number of fused-ring (bicyclic) bond motifs is 2. The number of piperidine rings is 1. The van der Waals surface area contributed by atoms with Crippen LogP contribution in [0.1, 0.15) is 19.3 Å². The summed E-state index contributed by atoms with van der Waals surface area (Å²) in [5.41, 5.74) is 0. The second-order valence-corrected chi connectivity index (χ2v) is 4.44. The largest absolute Gasteiger partial charge is 0.578 e. The number of quaternary nitrogens is 1. The summed E-state index contributed by atoms with van der Waals surface area (Å²) in [5.74, 6) is -1.11. The van der Waals surface area contributed by atoms with Crippen molar-refractivity contribution in [3.8, 4) is 0 Å². The van der Waals surface area contributed by atoms with Crippen LogP contribution in [0.25, 0.3) is 0 Å². The number of aliphatic carboxylic acids is 1. The Morgan fingerprint density at radius 1 is 1.47 bits per heavy atom. The number of carbonyl (C=O) groups is 1. The van der Waals surface area contributed by atoms with E-state index in [1.165, 1.54) is 5.01 Å². The molecule has 2 aliphatic rings. The second-order valence-electron chi connectivity index (χ2n) is 4.44. The van der Waals surface area contributed by atoms with E-state index in [0.717, 1.165) is 6.42 Å². The van der Waals surface area contributed by atoms with Crippen LogP contribution >= 0.6 is 0 Å². The molecule has 86 valence electrons. The molecule has 0 aromatic rings. The number of carboxylic acids is 1. The van der Waals surface area contributed by atoms with E-state index in [2.05, 4.69) is 0 Å². The Bertz CT molecular complexity index is 269. The standard InChI is InChI=1S/C9H16N2O4/c12-9(13)8-3-4-10-6-7(8)2-1-5-11(10,14)15/h7-8,14H,1-6H2,(H,12,13). The van der Waals surface area contributed by atoms with Crippen molar-refractivity contribution in [3.63, 3.8) is 0 Å². The zero-order chi connectivity index (χ0) is 11.1. The van der Waals surface area contributed by atoms with Crippen molar-refractivity contribution in [2.75, 3.05) is 19.6 Å². The molecule has 2 bridgehead atoms. The molecule has 6 nitrogen and oxygen atoms in total. The number of nitrogens with zero attached hydrogens (tertiary/aromatic N) is 2. The van der Waals surface area contributed by atoms with E-state index in [1.807, 2.05) is 0 Å². The highest BCUT2D eigenvalue weighted by Crippen LogP contribution is 2.33. The van der Waals surface area contributed by atoms with Gasteiger partial charge in [-0.15, -0.1) is 9.93 Å². The highest BCUT2D eigenvalue weighted by Gasteiger charge is 2.42. The Morgan fingerprint density at radius 2 is 2.20 bits per heavy atom. The van der Waals surface area contributed by atoms with Crippen LogP contribution in [0.2, 0.25) is 0 Å². The average Bonchev–Trinajstić information content (AvgIpc) is 2.26. The molecule has 2 fully saturated rings. The van der Waals surface area contributed by atoms with Crippen molar-refractivity contribution in [2.24, 2.45) is 11.8 Å². The lowest BCUT2D eigenvalue weighted by Crippen LogP contribution is -2.57. The number of hydrogen-bond acceptors (Lipinski definition) is 4. The smallest absolute Gasteiger partial charge is 0.306 e. The third-order valence-electron chi connectivity index (χ3n) is 3.50. The van der Waals surface area contributed by atoms with Gasteiger partial charge in [0.2, 0.25) is 0 Å². The summed E-state index contributed by atoms with van der Waals surface area (Å²) in [6.07, 6.45) is 1.77. The fraction of sp³-hybridized carbons (Fsp3) is 0.889. The number of rotatable bonds is 1. The second kappa shape index (κ2) is 3.71. The molecule has 4 unspecified atom stereocenters. The number of hydrogen-bond donors (Lipinski definition) is 2. The Labute approximate surface area is 87.8 Å². The van der Waals surface area contributed by atoms with E-state index >= 15 is 0 Å². The van der Waals surface area contributed by atoms with E-state index in [1.54, 1.807) is 0 Å². The van der Waals surface area contributed by atoms with Gasteiger partial charge in [0.1, 0.15) is 6.54 Å². The molecule has 0 aromatic carbocycles. The maximum atomic E-state index is 11.6. The third kappa shape index (κ3) is 1.98. The zero-order valence-electron chi connectivity index (χ0n) is 8.50. The lowest BCUT2D eigenvalue weighted by Gasteiger charge is -2.44. The molecule has 15 heavy (non-hydrogen) atoms. The molecular weight excluding hydrogens is 200 g/mol. The van der Waals surface area contributed by atoms with Crippen molar-refractivity contribution in [1.82, 2.24) is 5.01 Å². The Balaban J connectivity index is 2.13. The first-order valence-corrected chi connectivity index (χ1v) is 5.31. The molecule has 0 saturated carbocycles. The van der Waals surface area contributed by atoms with Gasteiger partial charge in [-0.3, -0.25) is 4.79 Å². The third-order valence-corrected chi connectivity index (χ3v) is 3.50. The molecule has 2 saturated heterocycles. The normalized spacial score (nSPS) is 45.9. The summed E-state index contributed by atoms with van der Waals surface area (Å²) in [6, 6.07) is 0. The maximum Gasteiger partial charge on any atom is 0.306 e. The first-order chi connectivity index (χ1) is 7.00. The first-order valence-electron chi connectivity index (χ1n) is 5.31. The van der Waals surface area contributed by atoms with Gasteiger partial charge in [0.25, 0.3) is 0 Å². The molecule has 2 rings (SSSR count). The van der Waals surface area contributed by atoms with Crippen molar-refractivity contribution in [3.05, 3.63) is 5.21 Å². The van der Waals surface area contributed by atoms with Gasteiger partial charge in [0.05, 0.1) is 19.0 Å². The first kappa shape index (κ1) is 10.8. The van der Waals surface area contributed by atoms with Gasteiger partial charge in [0, 0.05) is 6.42 Å². The minimum Gasteiger partial charge on any atom is -0.578 e. The van der Waals surface area contributed by atoms with Crippen LogP contribution in [0.4, 0.5) is 0 Å². The van der Waals surface area contributed by atoms with Gasteiger partial charge in [-0.05, 0) is 18.8 Å². The summed E-state index contributed by atoms with van der Waals surface area (Å²) in [4.78, 5) is 9.65. The van der Waals surface area contributed by atoms with Crippen LogP contribution < -0.4 is 0 Å². The van der Waals surface area contributed by atoms with Gasteiger partial charge in [-0.25, -0.2) is 0 Å². The summed E-state index contributed by atoms with van der Waals surface area (Å²) >= 11 is 0. The van der Waals surface area contributed by atoms with E-state index in [-0.39, 0.29) is 18.4 Å². The molecule has 0 amide bonds. The van der Waals surface area contributed by atoms with Crippen molar-refractivity contribution in [1.29, 1.82) is 0 Å². The fourth-order valence-electron chi connectivity index (χ4n) is 2.62. The highest BCUT2D eigenvalue weighted by atomic mass is 16.9. The van der Waals surface area contributed by atoms with Crippen molar-refractivity contribution in [2.45, 2.75) is 19.3 Å². The van der Waals surface area contributed by atoms with Crippen LogP contribution in [0, 0.1) is 17.0 Å². The van der Waals surface area contributed by atoms with Crippen LogP contribution in [0.3, 0.4) is 0 Å². The minimum atomic E-state index is -1.32. The molecular formula is C9H16N2O4. The summed E-state index contributed by atoms with van der Waals surface area (Å²) in [6.45, 7) is 0.910. The predicted octanol–water partition coefficient (Wildman–Crippen LogP) is 0.422. The Kier molecular flexibility index (Phi) is 2.68. The van der Waals surface area contributed by atoms with Gasteiger partial charge >= 0.3 is 5.97 Å². The minimum absolute atomic E-state index is 0.0114. The summed E-state index contributed by atoms with van der Waals surface area (Å²) in [5, 5.41) is 31.6. The van der Waals surface area contributed by atoms with Gasteiger partial charge in [-0.1, -0.05) is 0 Å². The van der Waals surface area contributed by atoms with E-state index in [4.69, 9.17) is 5.11 Å². The van der Waals surface area contributed by atoms with Crippen LogP contribution in [-0.2, 0) is 4.79 Å². The lowest BCUT2D eigenvalue weighted by atomic mass is 9.83. The molecule has 2 N–H and O–H groups in total. The quantitative estimate of drug-likeness (QED) is 0.490. The molecule has 2 heterocycles. The number of carboxylic acid groups (broad SMARTS) is 1. The van der Waals surface area contributed by atoms with Gasteiger partial charge < -0.3 is 10.3 Å². The molecule has 2 aliphatic heterocycles. The fourth-order valence-corrected chi connectivity index (χ4v) is 2.62. The molecule has 0 radical (unpaired) electrons. The maximum absolute atomic E-state index is 11.6. The summed E-state index contributed by atoms with van der Waals surface area (Å²) in [7, 11) is 0. The number of hydroxylamine groups is 2. The highest BCUT2D eigenvalue weighted by molar-refractivity contribution is 5.70. The summed E-state index contributed by atoms with van der Waals surface area (Å²) < 4.78 is 0. The Morgan fingerprint density at radius 3 is 2.87 bits per heavy atom. The van der Waals surface area contributed by atoms with Crippen LogP contribution in [-0.4, -0.2) is 45.8 Å². The van der Waals surface area contributed by atoms with E-state index < -0.39 is 10.9 Å². The SMILES string of the molecule is O=C(O)C1CCN2CC1CCC[N+]2([O-])O. The van der Waals surface area contributed by atoms with E-state index in [0.29, 0.717) is 25.9 Å². The molecule has 0 spiro atoms. The molecule has 4 atom stereocenters. The lowest BCUT2D eigenvalue weighted by molar-refractivity contribution is -1.15. The van der Waals surface area contributed by atoms with E-state index in [9.17, 15) is 15.2 Å². The van der Waals surface area contributed by atoms with Crippen molar-refractivity contribution >= 4 is 5.97 Å². The topological polar surface area (TPSA) is 83.8 Å². The predicted molar refractivity (Wildman–Crippen MR) is 50.3 cm³/mol. The molecule has 6 heteroatoms. The van der Waals surface area contributed by atoms with Crippen LogP contribution in [0.15, 0.2) is 0 Å². The monoisotopic (exact) mass is 216 g/mol. The zero-order valence-corrected chi connectivity index (χ0v) is 8.50. The molecule has 0 aliphatic carbocycles. The van der Waals surface area contributed by atoms with Crippen molar-refractivity contribution < 1.29 is 20.0 Å². The Hall–Kier alpha value is -0.690. The average molecular weight is 216 g/mol.